The van der Waals surface area contributed by atoms with Crippen LogP contribution < -0.4 is 5.32 Å². The van der Waals surface area contributed by atoms with Gasteiger partial charge in [-0.1, -0.05) is 78.9 Å². The highest BCUT2D eigenvalue weighted by molar-refractivity contribution is 5.95. The maximum absolute atomic E-state index is 12.9. The van der Waals surface area contributed by atoms with Crippen LogP contribution in [0.1, 0.15) is 33.1 Å². The van der Waals surface area contributed by atoms with Gasteiger partial charge >= 0.3 is 5.97 Å². The number of ether oxygens (including phenoxy) is 1. The molecule has 0 bridgehead atoms. The predicted molar refractivity (Wildman–Crippen MR) is 102 cm³/mol. The zero-order valence-electron chi connectivity index (χ0n) is 14.7. The highest BCUT2D eigenvalue weighted by Gasteiger charge is 2.32. The molecular weight excluding hydrogens is 338 g/mol. The Labute approximate surface area is 157 Å². The SMILES string of the molecule is O=C1O[C@H](C(=O)NC(c2ccccc2)c2ccccc2)Cc2ccccc21. The molecule has 0 unspecified atom stereocenters. The normalized spacial score (nSPS) is 15.7. The van der Waals surface area contributed by atoms with Crippen molar-refractivity contribution >= 4 is 11.9 Å². The first-order chi connectivity index (χ1) is 13.2. The molecule has 4 nitrogen and oxygen atoms in total. The van der Waals surface area contributed by atoms with E-state index in [9.17, 15) is 9.59 Å². The number of carbonyl (C=O) groups is 2. The summed E-state index contributed by atoms with van der Waals surface area (Å²) in [6.07, 6.45) is -0.452. The number of benzene rings is 3. The minimum Gasteiger partial charge on any atom is -0.448 e. The Balaban J connectivity index is 1.59. The van der Waals surface area contributed by atoms with E-state index < -0.39 is 12.1 Å². The summed E-state index contributed by atoms with van der Waals surface area (Å²) in [6.45, 7) is 0. The summed E-state index contributed by atoms with van der Waals surface area (Å²) >= 11 is 0. The lowest BCUT2D eigenvalue weighted by Crippen LogP contribution is -2.43. The number of amides is 1. The summed E-state index contributed by atoms with van der Waals surface area (Å²) in [7, 11) is 0. The van der Waals surface area contributed by atoms with Crippen LogP contribution >= 0.6 is 0 Å². The Morgan fingerprint density at radius 3 is 2.04 bits per heavy atom. The van der Waals surface area contributed by atoms with E-state index in [1.807, 2.05) is 72.8 Å². The first kappa shape index (κ1) is 17.0. The summed E-state index contributed by atoms with van der Waals surface area (Å²) in [5, 5.41) is 3.05. The smallest absolute Gasteiger partial charge is 0.339 e. The average molecular weight is 357 g/mol. The van der Waals surface area contributed by atoms with Crippen molar-refractivity contribution in [2.45, 2.75) is 18.6 Å². The monoisotopic (exact) mass is 357 g/mol. The molecule has 1 heterocycles. The fraction of sp³-hybridized carbons (Fsp3) is 0.130. The van der Waals surface area contributed by atoms with E-state index in [0.717, 1.165) is 16.7 Å². The minimum absolute atomic E-state index is 0.296. The first-order valence-electron chi connectivity index (χ1n) is 8.91. The maximum Gasteiger partial charge on any atom is 0.339 e. The van der Waals surface area contributed by atoms with E-state index in [0.29, 0.717) is 12.0 Å². The number of cyclic esters (lactones) is 1. The van der Waals surface area contributed by atoms with Gasteiger partial charge in [0.2, 0.25) is 0 Å². The third-order valence-electron chi connectivity index (χ3n) is 4.74. The van der Waals surface area contributed by atoms with Gasteiger partial charge in [0.15, 0.2) is 6.10 Å². The second kappa shape index (κ2) is 7.46. The van der Waals surface area contributed by atoms with Crippen molar-refractivity contribution in [3.8, 4) is 0 Å². The molecule has 0 fully saturated rings. The molecule has 4 rings (SSSR count). The second-order valence-electron chi connectivity index (χ2n) is 6.52. The quantitative estimate of drug-likeness (QED) is 0.725. The highest BCUT2D eigenvalue weighted by Crippen LogP contribution is 2.24. The fourth-order valence-electron chi connectivity index (χ4n) is 3.36. The van der Waals surface area contributed by atoms with Crippen LogP contribution in [-0.2, 0) is 16.0 Å². The average Bonchev–Trinajstić information content (AvgIpc) is 2.73. The standard InChI is InChI=1S/C23H19NO3/c25-22(20-15-18-13-7-8-14-19(18)23(26)27-20)24-21(16-9-3-1-4-10-16)17-11-5-2-6-12-17/h1-14,20-21H,15H2,(H,24,25)/t20-/m0/s1. The van der Waals surface area contributed by atoms with Crippen LogP contribution in [0.5, 0.6) is 0 Å². The Morgan fingerprint density at radius 1 is 0.852 bits per heavy atom. The van der Waals surface area contributed by atoms with Crippen LogP contribution in [0, 0.1) is 0 Å². The van der Waals surface area contributed by atoms with Gasteiger partial charge in [0.25, 0.3) is 5.91 Å². The number of hydrogen-bond acceptors (Lipinski definition) is 3. The third kappa shape index (κ3) is 3.60. The van der Waals surface area contributed by atoms with Gasteiger partial charge in [-0.3, -0.25) is 4.79 Å². The van der Waals surface area contributed by atoms with Crippen molar-refractivity contribution in [3.63, 3.8) is 0 Å². The Kier molecular flexibility index (Phi) is 4.71. The summed E-state index contributed by atoms with van der Waals surface area (Å²) < 4.78 is 5.40. The molecule has 134 valence electrons. The largest absolute Gasteiger partial charge is 0.448 e. The Morgan fingerprint density at radius 2 is 1.41 bits per heavy atom. The van der Waals surface area contributed by atoms with E-state index in [2.05, 4.69) is 5.32 Å². The maximum atomic E-state index is 12.9. The lowest BCUT2D eigenvalue weighted by Gasteiger charge is -2.27. The minimum atomic E-state index is -0.831. The molecule has 4 heteroatoms. The topological polar surface area (TPSA) is 55.4 Å². The molecule has 1 aliphatic heterocycles. The molecule has 0 spiro atoms. The summed E-state index contributed by atoms with van der Waals surface area (Å²) in [4.78, 5) is 25.1. The van der Waals surface area contributed by atoms with E-state index in [-0.39, 0.29) is 11.9 Å². The van der Waals surface area contributed by atoms with Crippen molar-refractivity contribution in [2.75, 3.05) is 0 Å². The molecule has 27 heavy (non-hydrogen) atoms. The summed E-state index contributed by atoms with van der Waals surface area (Å²) in [5.74, 6) is -0.747. The molecule has 1 N–H and O–H groups in total. The molecule has 1 atom stereocenters. The van der Waals surface area contributed by atoms with Crippen molar-refractivity contribution in [2.24, 2.45) is 0 Å². The van der Waals surface area contributed by atoms with Gasteiger partial charge in [0, 0.05) is 6.42 Å². The van der Waals surface area contributed by atoms with Crippen LogP contribution in [0.4, 0.5) is 0 Å². The van der Waals surface area contributed by atoms with E-state index in [1.54, 1.807) is 12.1 Å². The number of nitrogens with one attached hydrogen (secondary N) is 1. The van der Waals surface area contributed by atoms with Crippen molar-refractivity contribution < 1.29 is 14.3 Å². The van der Waals surface area contributed by atoms with Crippen LogP contribution in [-0.4, -0.2) is 18.0 Å². The molecule has 0 aliphatic carbocycles. The van der Waals surface area contributed by atoms with Gasteiger partial charge in [-0.25, -0.2) is 4.79 Å². The van der Waals surface area contributed by atoms with Crippen LogP contribution in [0.25, 0.3) is 0 Å². The first-order valence-corrected chi connectivity index (χ1v) is 8.91. The van der Waals surface area contributed by atoms with Crippen LogP contribution in [0.2, 0.25) is 0 Å². The van der Waals surface area contributed by atoms with Gasteiger partial charge in [0.05, 0.1) is 11.6 Å². The Hall–Kier alpha value is -3.40. The fourth-order valence-corrected chi connectivity index (χ4v) is 3.36. The number of fused-ring (bicyclic) bond motifs is 1. The molecular formula is C23H19NO3. The van der Waals surface area contributed by atoms with Crippen molar-refractivity contribution in [3.05, 3.63) is 107 Å². The molecule has 0 aromatic heterocycles. The van der Waals surface area contributed by atoms with Gasteiger partial charge in [-0.15, -0.1) is 0 Å². The van der Waals surface area contributed by atoms with E-state index in [1.165, 1.54) is 0 Å². The molecule has 0 saturated heterocycles. The van der Waals surface area contributed by atoms with Crippen LogP contribution in [0.3, 0.4) is 0 Å². The molecule has 1 amide bonds. The second-order valence-corrected chi connectivity index (χ2v) is 6.52. The van der Waals surface area contributed by atoms with Gasteiger partial charge in [-0.05, 0) is 22.8 Å². The van der Waals surface area contributed by atoms with Crippen LogP contribution in [0.15, 0.2) is 84.9 Å². The lowest BCUT2D eigenvalue weighted by molar-refractivity contribution is -0.130. The molecule has 0 radical (unpaired) electrons. The highest BCUT2D eigenvalue weighted by atomic mass is 16.5. The van der Waals surface area contributed by atoms with E-state index >= 15 is 0 Å². The summed E-state index contributed by atoms with van der Waals surface area (Å²) in [6, 6.07) is 26.5. The van der Waals surface area contributed by atoms with Gasteiger partial charge < -0.3 is 10.1 Å². The van der Waals surface area contributed by atoms with Crippen molar-refractivity contribution in [1.82, 2.24) is 5.32 Å². The zero-order valence-corrected chi connectivity index (χ0v) is 14.7. The van der Waals surface area contributed by atoms with Gasteiger partial charge in [0.1, 0.15) is 0 Å². The van der Waals surface area contributed by atoms with E-state index in [4.69, 9.17) is 4.74 Å². The van der Waals surface area contributed by atoms with Crippen molar-refractivity contribution in [1.29, 1.82) is 0 Å². The molecule has 0 saturated carbocycles. The Bertz CT molecular complexity index is 914. The molecule has 1 aliphatic rings. The lowest BCUT2D eigenvalue weighted by atomic mass is 9.96. The number of carbonyl (C=O) groups excluding carboxylic acids is 2. The zero-order chi connectivity index (χ0) is 18.6. The number of esters is 1. The number of rotatable bonds is 4. The predicted octanol–water partition coefficient (Wildman–Crippen LogP) is 3.67. The molecule has 3 aromatic rings. The summed E-state index contributed by atoms with van der Waals surface area (Å²) in [5.41, 5.74) is 3.31. The third-order valence-corrected chi connectivity index (χ3v) is 4.74. The van der Waals surface area contributed by atoms with Gasteiger partial charge in [-0.2, -0.15) is 0 Å². The number of hydrogen-bond donors (Lipinski definition) is 1. The molecule has 3 aromatic carbocycles.